The Balaban J connectivity index is 2.14. The van der Waals surface area contributed by atoms with E-state index in [1.165, 1.54) is 0 Å². The van der Waals surface area contributed by atoms with Gasteiger partial charge in [0.15, 0.2) is 0 Å². The van der Waals surface area contributed by atoms with Crippen molar-refractivity contribution in [2.24, 2.45) is 0 Å². The number of nitrogen functional groups attached to an aromatic ring is 1. The summed E-state index contributed by atoms with van der Waals surface area (Å²) >= 11 is 0. The molecule has 2 aromatic carbocycles. The smallest absolute Gasteiger partial charge is 0.125 e. The summed E-state index contributed by atoms with van der Waals surface area (Å²) in [7, 11) is 0. The van der Waals surface area contributed by atoms with E-state index in [1.807, 2.05) is 56.3 Å². The molecule has 0 saturated heterocycles. The fraction of sp³-hybridized carbons (Fsp3) is 0.250. The molecule has 1 unspecified atom stereocenters. The van der Waals surface area contributed by atoms with Crippen LogP contribution in [-0.4, -0.2) is 6.61 Å². The maximum atomic E-state index is 5.91. The van der Waals surface area contributed by atoms with Gasteiger partial charge in [0, 0.05) is 23.9 Å². The van der Waals surface area contributed by atoms with Crippen molar-refractivity contribution in [2.45, 2.75) is 20.0 Å². The standard InChI is InChI=1S/C16H19NO2/c1-3-18-15-9-14(17)10-16(11-15)19-12(2)13-7-5-4-6-8-13/h4-12H,3,17H2,1-2H3. The minimum atomic E-state index is -0.0301. The minimum Gasteiger partial charge on any atom is -0.494 e. The van der Waals surface area contributed by atoms with E-state index in [2.05, 4.69) is 0 Å². The molecule has 0 saturated carbocycles. The molecule has 0 heterocycles. The van der Waals surface area contributed by atoms with Gasteiger partial charge in [-0.3, -0.25) is 0 Å². The number of ether oxygens (including phenoxy) is 2. The molecule has 100 valence electrons. The van der Waals surface area contributed by atoms with Crippen LogP contribution < -0.4 is 15.2 Å². The third-order valence-corrected chi connectivity index (χ3v) is 2.80. The highest BCUT2D eigenvalue weighted by molar-refractivity contribution is 5.50. The number of rotatable bonds is 5. The Morgan fingerprint density at radius 3 is 2.42 bits per heavy atom. The van der Waals surface area contributed by atoms with Crippen molar-refractivity contribution < 1.29 is 9.47 Å². The van der Waals surface area contributed by atoms with Crippen LogP contribution in [0, 0.1) is 0 Å². The van der Waals surface area contributed by atoms with Crippen LogP contribution in [0.5, 0.6) is 11.5 Å². The summed E-state index contributed by atoms with van der Waals surface area (Å²) in [4.78, 5) is 0. The Kier molecular flexibility index (Phi) is 4.29. The zero-order valence-electron chi connectivity index (χ0n) is 11.3. The molecule has 3 heteroatoms. The Labute approximate surface area is 114 Å². The van der Waals surface area contributed by atoms with Crippen molar-refractivity contribution in [1.29, 1.82) is 0 Å². The molecular weight excluding hydrogens is 238 g/mol. The van der Waals surface area contributed by atoms with Crippen molar-refractivity contribution >= 4 is 5.69 Å². The lowest BCUT2D eigenvalue weighted by atomic mass is 10.1. The fourth-order valence-corrected chi connectivity index (χ4v) is 1.91. The molecule has 0 aliphatic carbocycles. The van der Waals surface area contributed by atoms with Crippen LogP contribution >= 0.6 is 0 Å². The van der Waals surface area contributed by atoms with Crippen molar-refractivity contribution in [3.63, 3.8) is 0 Å². The number of hydrogen-bond donors (Lipinski definition) is 1. The van der Waals surface area contributed by atoms with Gasteiger partial charge < -0.3 is 15.2 Å². The van der Waals surface area contributed by atoms with Crippen LogP contribution in [0.3, 0.4) is 0 Å². The molecule has 0 fully saturated rings. The largest absolute Gasteiger partial charge is 0.494 e. The van der Waals surface area contributed by atoms with Crippen LogP contribution in [0.1, 0.15) is 25.5 Å². The van der Waals surface area contributed by atoms with Gasteiger partial charge in [0.25, 0.3) is 0 Å². The predicted molar refractivity (Wildman–Crippen MR) is 77.5 cm³/mol. The van der Waals surface area contributed by atoms with Gasteiger partial charge in [-0.1, -0.05) is 30.3 Å². The third kappa shape index (κ3) is 3.65. The Bertz CT molecular complexity index is 526. The minimum absolute atomic E-state index is 0.0301. The highest BCUT2D eigenvalue weighted by atomic mass is 16.5. The Morgan fingerprint density at radius 1 is 1.05 bits per heavy atom. The van der Waals surface area contributed by atoms with Crippen LogP contribution in [0.15, 0.2) is 48.5 Å². The van der Waals surface area contributed by atoms with Crippen LogP contribution in [0.4, 0.5) is 5.69 Å². The highest BCUT2D eigenvalue weighted by Crippen LogP contribution is 2.28. The molecular formula is C16H19NO2. The van der Waals surface area contributed by atoms with E-state index < -0.39 is 0 Å². The molecule has 3 nitrogen and oxygen atoms in total. The SMILES string of the molecule is CCOc1cc(N)cc(OC(C)c2ccccc2)c1. The van der Waals surface area contributed by atoms with E-state index in [9.17, 15) is 0 Å². The highest BCUT2D eigenvalue weighted by Gasteiger charge is 2.08. The second kappa shape index (κ2) is 6.14. The van der Waals surface area contributed by atoms with E-state index in [4.69, 9.17) is 15.2 Å². The van der Waals surface area contributed by atoms with Crippen molar-refractivity contribution in [1.82, 2.24) is 0 Å². The predicted octanol–water partition coefficient (Wildman–Crippen LogP) is 3.81. The van der Waals surface area contributed by atoms with Gasteiger partial charge >= 0.3 is 0 Å². The number of hydrogen-bond acceptors (Lipinski definition) is 3. The summed E-state index contributed by atoms with van der Waals surface area (Å²) in [5, 5.41) is 0. The quantitative estimate of drug-likeness (QED) is 0.828. The van der Waals surface area contributed by atoms with Gasteiger partial charge in [-0.05, 0) is 19.4 Å². The summed E-state index contributed by atoms with van der Waals surface area (Å²) in [6.45, 7) is 4.56. The second-order valence-corrected chi connectivity index (χ2v) is 4.34. The topological polar surface area (TPSA) is 44.5 Å². The first kappa shape index (κ1) is 13.3. The molecule has 0 spiro atoms. The first-order valence-corrected chi connectivity index (χ1v) is 6.44. The summed E-state index contributed by atoms with van der Waals surface area (Å²) in [5.74, 6) is 1.46. The first-order valence-electron chi connectivity index (χ1n) is 6.44. The molecule has 0 bridgehead atoms. The zero-order chi connectivity index (χ0) is 13.7. The molecule has 0 aromatic heterocycles. The lowest BCUT2D eigenvalue weighted by Gasteiger charge is -2.16. The van der Waals surface area contributed by atoms with Gasteiger partial charge in [-0.15, -0.1) is 0 Å². The fourth-order valence-electron chi connectivity index (χ4n) is 1.91. The molecule has 2 N–H and O–H groups in total. The third-order valence-electron chi connectivity index (χ3n) is 2.80. The molecule has 2 rings (SSSR count). The van der Waals surface area contributed by atoms with Crippen LogP contribution in [0.2, 0.25) is 0 Å². The molecule has 0 aliphatic rings. The normalized spacial score (nSPS) is 11.9. The molecule has 2 aromatic rings. The van der Waals surface area contributed by atoms with Crippen molar-refractivity contribution in [2.75, 3.05) is 12.3 Å². The molecule has 19 heavy (non-hydrogen) atoms. The van der Waals surface area contributed by atoms with Crippen LogP contribution in [0.25, 0.3) is 0 Å². The average Bonchev–Trinajstić information content (AvgIpc) is 2.39. The first-order chi connectivity index (χ1) is 9.19. The van der Waals surface area contributed by atoms with E-state index in [1.54, 1.807) is 6.07 Å². The monoisotopic (exact) mass is 257 g/mol. The Hall–Kier alpha value is -2.16. The number of nitrogens with two attached hydrogens (primary N) is 1. The number of anilines is 1. The maximum absolute atomic E-state index is 5.91. The summed E-state index contributed by atoms with van der Waals surface area (Å²) in [5.41, 5.74) is 7.61. The van der Waals surface area contributed by atoms with Crippen molar-refractivity contribution in [3.8, 4) is 11.5 Å². The molecule has 1 atom stereocenters. The Morgan fingerprint density at radius 2 is 1.74 bits per heavy atom. The van der Waals surface area contributed by atoms with Gasteiger partial charge in [0.05, 0.1) is 6.61 Å². The summed E-state index contributed by atoms with van der Waals surface area (Å²) in [6, 6.07) is 15.5. The van der Waals surface area contributed by atoms with E-state index >= 15 is 0 Å². The van der Waals surface area contributed by atoms with E-state index in [-0.39, 0.29) is 6.10 Å². The van der Waals surface area contributed by atoms with Gasteiger partial charge in [0.2, 0.25) is 0 Å². The zero-order valence-corrected chi connectivity index (χ0v) is 11.3. The summed E-state index contributed by atoms with van der Waals surface area (Å²) in [6.07, 6.45) is -0.0301. The van der Waals surface area contributed by atoms with Gasteiger partial charge in [-0.2, -0.15) is 0 Å². The second-order valence-electron chi connectivity index (χ2n) is 4.34. The van der Waals surface area contributed by atoms with E-state index in [0.717, 1.165) is 17.1 Å². The molecule has 0 amide bonds. The molecule has 0 radical (unpaired) electrons. The summed E-state index contributed by atoms with van der Waals surface area (Å²) < 4.78 is 11.4. The van der Waals surface area contributed by atoms with Crippen molar-refractivity contribution in [3.05, 3.63) is 54.1 Å². The average molecular weight is 257 g/mol. The number of benzene rings is 2. The van der Waals surface area contributed by atoms with E-state index in [0.29, 0.717) is 12.3 Å². The maximum Gasteiger partial charge on any atom is 0.125 e. The van der Waals surface area contributed by atoms with Gasteiger partial charge in [-0.25, -0.2) is 0 Å². The lowest BCUT2D eigenvalue weighted by molar-refractivity contribution is 0.225. The molecule has 0 aliphatic heterocycles. The van der Waals surface area contributed by atoms with Gasteiger partial charge in [0.1, 0.15) is 17.6 Å². The lowest BCUT2D eigenvalue weighted by Crippen LogP contribution is -2.03. The van der Waals surface area contributed by atoms with Crippen LogP contribution in [-0.2, 0) is 0 Å².